The number of benzene rings is 2. The van der Waals surface area contributed by atoms with Crippen molar-refractivity contribution in [3.05, 3.63) is 76.5 Å². The van der Waals surface area contributed by atoms with Crippen LogP contribution in [0.3, 0.4) is 0 Å². The predicted octanol–water partition coefficient (Wildman–Crippen LogP) is 5.14. The monoisotopic (exact) mass is 478 g/mol. The number of hydrogen-bond acceptors (Lipinski definition) is 5. The van der Waals surface area contributed by atoms with Crippen LogP contribution in [0.1, 0.15) is 42.2 Å². The van der Waals surface area contributed by atoms with Gasteiger partial charge >= 0.3 is 0 Å². The first-order valence-electron chi connectivity index (χ1n) is 11.5. The number of hydrogen-bond donors (Lipinski definition) is 1. The lowest BCUT2D eigenvalue weighted by Crippen LogP contribution is -2.47. The maximum Gasteiger partial charge on any atom is 0.248 e. The van der Waals surface area contributed by atoms with Crippen molar-refractivity contribution in [2.45, 2.75) is 44.2 Å². The van der Waals surface area contributed by atoms with Gasteiger partial charge in [-0.05, 0) is 48.6 Å². The Morgan fingerprint density at radius 1 is 1.03 bits per heavy atom. The molecule has 1 aliphatic rings. The topological polar surface area (TPSA) is 67.9 Å². The van der Waals surface area contributed by atoms with Gasteiger partial charge in [0.25, 0.3) is 0 Å². The lowest BCUT2D eigenvalue weighted by molar-refractivity contribution is -0.127. The second kappa shape index (κ2) is 11.2. The molecule has 7 heteroatoms. The van der Waals surface area contributed by atoms with Crippen molar-refractivity contribution in [3.8, 4) is 11.5 Å². The standard InChI is InChI=1S/C27H30N2O4S/c1-32-21-14-15-23(24(17-21)33-2)26(27(31)28-19-9-6-7-10-19)29(20-11-4-3-5-12-20)25(30)18-22-13-8-16-34-22/h3-5,8,11-17,19,26H,6-7,9-10,18H2,1-2H3,(H,28,31). The highest BCUT2D eigenvalue weighted by atomic mass is 32.1. The van der Waals surface area contributed by atoms with Crippen LogP contribution < -0.4 is 19.7 Å². The summed E-state index contributed by atoms with van der Waals surface area (Å²) in [6.07, 6.45) is 4.31. The minimum absolute atomic E-state index is 0.115. The molecule has 178 valence electrons. The lowest BCUT2D eigenvalue weighted by atomic mass is 10.00. The van der Waals surface area contributed by atoms with Gasteiger partial charge < -0.3 is 14.8 Å². The molecule has 1 fully saturated rings. The zero-order valence-corrected chi connectivity index (χ0v) is 20.3. The van der Waals surface area contributed by atoms with Gasteiger partial charge in [-0.1, -0.05) is 37.1 Å². The average Bonchev–Trinajstić information content (AvgIpc) is 3.57. The number of anilines is 1. The van der Waals surface area contributed by atoms with Gasteiger partial charge in [0.2, 0.25) is 11.8 Å². The van der Waals surface area contributed by atoms with Crippen LogP contribution in [-0.4, -0.2) is 32.1 Å². The molecule has 1 N–H and O–H groups in total. The Morgan fingerprint density at radius 3 is 2.44 bits per heavy atom. The first kappa shape index (κ1) is 23.8. The number of carbonyl (C=O) groups excluding carboxylic acids is 2. The Labute approximate surface area is 204 Å². The van der Waals surface area contributed by atoms with E-state index < -0.39 is 6.04 Å². The number of methoxy groups -OCH3 is 2. The van der Waals surface area contributed by atoms with Crippen LogP contribution in [0.2, 0.25) is 0 Å². The molecule has 0 aliphatic heterocycles. The number of rotatable bonds is 9. The van der Waals surface area contributed by atoms with Crippen molar-refractivity contribution in [2.75, 3.05) is 19.1 Å². The molecule has 0 spiro atoms. The first-order valence-corrected chi connectivity index (χ1v) is 12.4. The summed E-state index contributed by atoms with van der Waals surface area (Å²) in [5, 5.41) is 5.15. The van der Waals surface area contributed by atoms with Crippen LogP contribution in [0.5, 0.6) is 11.5 Å². The van der Waals surface area contributed by atoms with Gasteiger partial charge in [0, 0.05) is 28.2 Å². The van der Waals surface area contributed by atoms with Crippen molar-refractivity contribution >= 4 is 28.8 Å². The molecule has 2 aromatic carbocycles. The fraction of sp³-hybridized carbons (Fsp3) is 0.333. The van der Waals surface area contributed by atoms with Gasteiger partial charge in [0.15, 0.2) is 0 Å². The van der Waals surface area contributed by atoms with E-state index in [1.165, 1.54) is 11.3 Å². The summed E-state index contributed by atoms with van der Waals surface area (Å²) < 4.78 is 11.0. The van der Waals surface area contributed by atoms with E-state index in [1.807, 2.05) is 53.9 Å². The molecule has 4 rings (SSSR count). The highest BCUT2D eigenvalue weighted by Gasteiger charge is 2.36. The Bertz CT molecular complexity index is 1100. The van der Waals surface area contributed by atoms with Gasteiger partial charge in [-0.25, -0.2) is 0 Å². The van der Waals surface area contributed by atoms with Crippen molar-refractivity contribution < 1.29 is 19.1 Å². The molecular weight excluding hydrogens is 448 g/mol. The van der Waals surface area contributed by atoms with E-state index in [-0.39, 0.29) is 24.3 Å². The van der Waals surface area contributed by atoms with Crippen molar-refractivity contribution in [3.63, 3.8) is 0 Å². The number of amides is 2. The van der Waals surface area contributed by atoms with Crippen molar-refractivity contribution in [2.24, 2.45) is 0 Å². The third-order valence-corrected chi connectivity index (χ3v) is 7.03. The molecule has 2 amide bonds. The summed E-state index contributed by atoms with van der Waals surface area (Å²) >= 11 is 1.53. The molecule has 1 atom stereocenters. The van der Waals surface area contributed by atoms with E-state index in [0.29, 0.717) is 22.7 Å². The van der Waals surface area contributed by atoms with Crippen LogP contribution in [0.25, 0.3) is 0 Å². The maximum absolute atomic E-state index is 13.9. The number of para-hydroxylation sites is 1. The average molecular weight is 479 g/mol. The molecule has 0 saturated heterocycles. The van der Waals surface area contributed by atoms with Crippen molar-refractivity contribution in [1.29, 1.82) is 0 Å². The summed E-state index contributed by atoms with van der Waals surface area (Å²) in [5.41, 5.74) is 1.27. The summed E-state index contributed by atoms with van der Waals surface area (Å²) in [6, 6.07) is 17.8. The molecule has 1 aromatic heterocycles. The van der Waals surface area contributed by atoms with E-state index in [1.54, 1.807) is 31.3 Å². The number of nitrogens with one attached hydrogen (secondary N) is 1. The molecule has 0 bridgehead atoms. The highest BCUT2D eigenvalue weighted by molar-refractivity contribution is 7.10. The quantitative estimate of drug-likeness (QED) is 0.462. The molecule has 3 aromatic rings. The van der Waals surface area contributed by atoms with Crippen LogP contribution in [0.4, 0.5) is 5.69 Å². The minimum atomic E-state index is -0.892. The zero-order valence-electron chi connectivity index (χ0n) is 19.5. The smallest absolute Gasteiger partial charge is 0.248 e. The van der Waals surface area contributed by atoms with E-state index in [4.69, 9.17) is 9.47 Å². The summed E-state index contributed by atoms with van der Waals surface area (Å²) in [5.74, 6) is 0.749. The Balaban J connectivity index is 1.80. The molecular formula is C27H30N2O4S. The van der Waals surface area contributed by atoms with Gasteiger partial charge in [0.05, 0.1) is 20.6 Å². The van der Waals surface area contributed by atoms with E-state index in [0.717, 1.165) is 30.6 Å². The third-order valence-electron chi connectivity index (χ3n) is 6.15. The van der Waals surface area contributed by atoms with E-state index in [9.17, 15) is 9.59 Å². The van der Waals surface area contributed by atoms with Crippen LogP contribution >= 0.6 is 11.3 Å². The van der Waals surface area contributed by atoms with E-state index in [2.05, 4.69) is 5.32 Å². The SMILES string of the molecule is COc1ccc(C(C(=O)NC2CCCC2)N(C(=O)Cc2cccs2)c2ccccc2)c(OC)c1. The molecule has 1 heterocycles. The summed E-state index contributed by atoms with van der Waals surface area (Å²) in [4.78, 5) is 30.2. The largest absolute Gasteiger partial charge is 0.497 e. The van der Waals surface area contributed by atoms with Crippen LogP contribution in [0.15, 0.2) is 66.0 Å². The molecule has 1 aliphatic carbocycles. The van der Waals surface area contributed by atoms with Gasteiger partial charge in [-0.2, -0.15) is 0 Å². The molecule has 1 saturated carbocycles. The summed E-state index contributed by atoms with van der Waals surface area (Å²) in [6.45, 7) is 0. The number of ether oxygens (including phenoxy) is 2. The second-order valence-corrected chi connectivity index (χ2v) is 9.39. The third kappa shape index (κ3) is 5.42. The predicted molar refractivity (Wildman–Crippen MR) is 135 cm³/mol. The van der Waals surface area contributed by atoms with Gasteiger partial charge in [-0.3, -0.25) is 14.5 Å². The fourth-order valence-corrected chi connectivity index (χ4v) is 5.16. The minimum Gasteiger partial charge on any atom is -0.497 e. The van der Waals surface area contributed by atoms with Gasteiger partial charge in [0.1, 0.15) is 17.5 Å². The Kier molecular flexibility index (Phi) is 7.85. The molecule has 6 nitrogen and oxygen atoms in total. The lowest BCUT2D eigenvalue weighted by Gasteiger charge is -2.33. The first-order chi connectivity index (χ1) is 16.6. The van der Waals surface area contributed by atoms with Crippen LogP contribution in [-0.2, 0) is 16.0 Å². The molecule has 0 radical (unpaired) electrons. The van der Waals surface area contributed by atoms with Crippen LogP contribution in [0, 0.1) is 0 Å². The Morgan fingerprint density at radius 2 is 1.79 bits per heavy atom. The maximum atomic E-state index is 13.9. The zero-order chi connectivity index (χ0) is 23.9. The number of thiophene rings is 1. The molecule has 34 heavy (non-hydrogen) atoms. The normalized spacial score (nSPS) is 14.4. The fourth-order valence-electron chi connectivity index (χ4n) is 4.47. The van der Waals surface area contributed by atoms with Crippen molar-refractivity contribution in [1.82, 2.24) is 5.32 Å². The number of nitrogens with zero attached hydrogens (tertiary/aromatic N) is 1. The summed E-state index contributed by atoms with van der Waals surface area (Å²) in [7, 11) is 3.14. The Hall–Kier alpha value is -3.32. The number of carbonyl (C=O) groups is 2. The van der Waals surface area contributed by atoms with Gasteiger partial charge in [-0.15, -0.1) is 11.3 Å². The van der Waals surface area contributed by atoms with E-state index >= 15 is 0 Å². The second-order valence-electron chi connectivity index (χ2n) is 8.36. The molecule has 1 unspecified atom stereocenters. The highest BCUT2D eigenvalue weighted by Crippen LogP contribution is 2.36.